The number of pyridine rings is 1. The minimum atomic E-state index is -4.60. The SMILES string of the molecule is CCS(=O)c1c2c(C(C)(F)F)cccc2nn1-c1nc2cc(C(F)(F)F)cnc2n1C. The van der Waals surface area contributed by atoms with E-state index in [4.69, 9.17) is 0 Å². The number of aromatic nitrogens is 5. The van der Waals surface area contributed by atoms with Crippen molar-refractivity contribution in [3.8, 4) is 5.95 Å². The van der Waals surface area contributed by atoms with Gasteiger partial charge in [-0.05, 0) is 12.1 Å². The van der Waals surface area contributed by atoms with Crippen LogP contribution >= 0.6 is 0 Å². The number of fused-ring (bicyclic) bond motifs is 2. The lowest BCUT2D eigenvalue weighted by Gasteiger charge is -2.13. The number of nitrogens with zero attached hydrogens (tertiary/aromatic N) is 5. The summed E-state index contributed by atoms with van der Waals surface area (Å²) in [6.07, 6.45) is -3.91. The number of benzene rings is 1. The molecule has 0 saturated carbocycles. The van der Waals surface area contributed by atoms with Gasteiger partial charge in [-0.2, -0.15) is 23.0 Å². The van der Waals surface area contributed by atoms with Crippen molar-refractivity contribution in [3.63, 3.8) is 0 Å². The summed E-state index contributed by atoms with van der Waals surface area (Å²) >= 11 is 0. The highest BCUT2D eigenvalue weighted by molar-refractivity contribution is 7.85. The van der Waals surface area contributed by atoms with Crippen molar-refractivity contribution in [3.05, 3.63) is 41.6 Å². The molecular formula is C19H16F5N5OS. The van der Waals surface area contributed by atoms with E-state index in [1.807, 2.05) is 0 Å². The zero-order valence-corrected chi connectivity index (χ0v) is 17.4. The van der Waals surface area contributed by atoms with Crippen LogP contribution in [-0.2, 0) is 29.9 Å². The van der Waals surface area contributed by atoms with Gasteiger partial charge in [0.05, 0.1) is 21.9 Å². The minimum Gasteiger partial charge on any atom is -0.296 e. The second kappa shape index (κ2) is 7.08. The molecule has 1 aromatic carbocycles. The van der Waals surface area contributed by atoms with Crippen LogP contribution in [0.5, 0.6) is 0 Å². The van der Waals surface area contributed by atoms with Crippen LogP contribution in [0.15, 0.2) is 35.5 Å². The number of hydrogen-bond donors (Lipinski definition) is 0. The van der Waals surface area contributed by atoms with Crippen molar-refractivity contribution in [1.29, 1.82) is 0 Å². The van der Waals surface area contributed by atoms with E-state index in [0.717, 1.165) is 17.7 Å². The van der Waals surface area contributed by atoms with Crippen molar-refractivity contribution < 1.29 is 26.2 Å². The third-order valence-corrected chi connectivity index (χ3v) is 6.14. The molecule has 4 rings (SSSR count). The van der Waals surface area contributed by atoms with Crippen molar-refractivity contribution in [2.75, 3.05) is 5.75 Å². The van der Waals surface area contributed by atoms with Gasteiger partial charge in [-0.1, -0.05) is 19.1 Å². The number of aryl methyl sites for hydroxylation is 1. The van der Waals surface area contributed by atoms with E-state index >= 15 is 0 Å². The van der Waals surface area contributed by atoms with Gasteiger partial charge in [-0.25, -0.2) is 18.7 Å². The molecule has 0 fully saturated rings. The number of halogens is 5. The molecular weight excluding hydrogens is 441 g/mol. The molecule has 0 spiro atoms. The fraction of sp³-hybridized carbons (Fsp3) is 0.316. The van der Waals surface area contributed by atoms with Gasteiger partial charge < -0.3 is 0 Å². The molecule has 3 heterocycles. The highest BCUT2D eigenvalue weighted by Crippen LogP contribution is 2.37. The largest absolute Gasteiger partial charge is 0.417 e. The molecule has 3 aromatic heterocycles. The Morgan fingerprint density at radius 3 is 2.45 bits per heavy atom. The van der Waals surface area contributed by atoms with E-state index in [9.17, 15) is 26.2 Å². The maximum atomic E-state index is 14.3. The molecule has 164 valence electrons. The van der Waals surface area contributed by atoms with Crippen LogP contribution in [0.1, 0.15) is 25.0 Å². The summed E-state index contributed by atoms with van der Waals surface area (Å²) in [6, 6.07) is 4.99. The fourth-order valence-corrected chi connectivity index (χ4v) is 4.40. The van der Waals surface area contributed by atoms with Gasteiger partial charge in [0, 0.05) is 36.9 Å². The Morgan fingerprint density at radius 2 is 1.84 bits per heavy atom. The summed E-state index contributed by atoms with van der Waals surface area (Å²) in [4.78, 5) is 8.04. The molecule has 4 aromatic rings. The number of hydrogen-bond acceptors (Lipinski definition) is 4. The summed E-state index contributed by atoms with van der Waals surface area (Å²) in [6.45, 7) is 2.35. The number of imidazole rings is 1. The van der Waals surface area contributed by atoms with Crippen LogP contribution in [0.2, 0.25) is 0 Å². The molecule has 0 aliphatic rings. The first-order valence-corrected chi connectivity index (χ1v) is 10.4. The minimum absolute atomic E-state index is 0.00377. The smallest absolute Gasteiger partial charge is 0.296 e. The molecule has 31 heavy (non-hydrogen) atoms. The van der Waals surface area contributed by atoms with Gasteiger partial charge in [0.25, 0.3) is 5.92 Å². The summed E-state index contributed by atoms with van der Waals surface area (Å²) in [5, 5.41) is 4.35. The van der Waals surface area contributed by atoms with E-state index < -0.39 is 28.5 Å². The van der Waals surface area contributed by atoms with E-state index in [2.05, 4.69) is 15.1 Å². The Hall–Kier alpha value is -2.89. The van der Waals surface area contributed by atoms with Gasteiger partial charge in [0.2, 0.25) is 5.95 Å². The van der Waals surface area contributed by atoms with Crippen molar-refractivity contribution in [1.82, 2.24) is 24.3 Å². The van der Waals surface area contributed by atoms with Gasteiger partial charge in [-0.3, -0.25) is 8.78 Å². The van der Waals surface area contributed by atoms with Crippen LogP contribution in [0.4, 0.5) is 22.0 Å². The molecule has 0 radical (unpaired) electrons. The molecule has 0 aliphatic heterocycles. The summed E-state index contributed by atoms with van der Waals surface area (Å²) in [5.74, 6) is -3.10. The van der Waals surface area contributed by atoms with Crippen molar-refractivity contribution >= 4 is 32.9 Å². The summed E-state index contributed by atoms with van der Waals surface area (Å²) in [5.41, 5.74) is -1.06. The van der Waals surface area contributed by atoms with Crippen LogP contribution in [0, 0.1) is 0 Å². The fourth-order valence-electron chi connectivity index (χ4n) is 3.36. The lowest BCUT2D eigenvalue weighted by atomic mass is 10.1. The van der Waals surface area contributed by atoms with Gasteiger partial charge in [0.15, 0.2) is 5.65 Å². The quantitative estimate of drug-likeness (QED) is 0.422. The average molecular weight is 457 g/mol. The molecule has 0 amide bonds. The number of rotatable bonds is 4. The first-order chi connectivity index (χ1) is 14.4. The highest BCUT2D eigenvalue weighted by atomic mass is 32.2. The second-order valence-corrected chi connectivity index (χ2v) is 8.63. The molecule has 1 atom stereocenters. The Balaban J connectivity index is 2.05. The van der Waals surface area contributed by atoms with Crippen molar-refractivity contribution in [2.24, 2.45) is 7.05 Å². The lowest BCUT2D eigenvalue weighted by Crippen LogP contribution is -2.12. The second-order valence-electron chi connectivity index (χ2n) is 6.97. The van der Waals surface area contributed by atoms with E-state index in [0.29, 0.717) is 6.20 Å². The topological polar surface area (TPSA) is 65.6 Å². The zero-order valence-electron chi connectivity index (χ0n) is 16.5. The molecule has 6 nitrogen and oxygen atoms in total. The molecule has 1 unspecified atom stereocenters. The number of alkyl halides is 5. The maximum absolute atomic E-state index is 14.3. The Bertz CT molecular complexity index is 1340. The highest BCUT2D eigenvalue weighted by Gasteiger charge is 2.33. The normalized spacial score (nSPS) is 13.9. The maximum Gasteiger partial charge on any atom is 0.417 e. The van der Waals surface area contributed by atoms with Crippen LogP contribution in [0.3, 0.4) is 0 Å². The molecule has 0 saturated heterocycles. The standard InChI is InChI=1S/C19H16F5N5OS/c1-4-31(30)16-14-11(18(2,20)21)6-5-7-12(14)27-29(16)17-26-13-8-10(19(22,23)24)9-25-15(13)28(17)3/h5-9H,4H2,1-3H3. The Morgan fingerprint density at radius 1 is 1.13 bits per heavy atom. The van der Waals surface area contributed by atoms with Crippen LogP contribution in [0.25, 0.3) is 28.0 Å². The first-order valence-electron chi connectivity index (χ1n) is 9.12. The Kier molecular flexibility index (Phi) is 4.87. The van der Waals surface area contributed by atoms with E-state index in [1.165, 1.54) is 29.8 Å². The van der Waals surface area contributed by atoms with Gasteiger partial charge >= 0.3 is 6.18 Å². The van der Waals surface area contributed by atoms with Crippen molar-refractivity contribution in [2.45, 2.75) is 31.0 Å². The summed E-state index contributed by atoms with van der Waals surface area (Å²) in [7, 11) is -0.221. The van der Waals surface area contributed by atoms with Crippen LogP contribution < -0.4 is 0 Å². The predicted molar refractivity (Wildman–Crippen MR) is 105 cm³/mol. The molecule has 12 heteroatoms. The zero-order chi connectivity index (χ0) is 22.7. The molecule has 0 aliphatic carbocycles. The molecule has 0 N–H and O–H groups in total. The van der Waals surface area contributed by atoms with Gasteiger partial charge in [-0.15, -0.1) is 0 Å². The average Bonchev–Trinajstić information content (AvgIpc) is 3.23. The first kappa shape index (κ1) is 21.3. The molecule has 0 bridgehead atoms. The predicted octanol–water partition coefficient (Wildman–Crippen LogP) is 4.57. The third-order valence-electron chi connectivity index (χ3n) is 4.81. The van der Waals surface area contributed by atoms with E-state index in [-0.39, 0.29) is 44.4 Å². The third kappa shape index (κ3) is 3.48. The Labute approximate surface area is 175 Å². The van der Waals surface area contributed by atoms with E-state index in [1.54, 1.807) is 6.92 Å². The monoisotopic (exact) mass is 457 g/mol. The van der Waals surface area contributed by atoms with Crippen LogP contribution in [-0.4, -0.2) is 34.3 Å². The summed E-state index contributed by atoms with van der Waals surface area (Å²) < 4.78 is 83.1. The lowest BCUT2D eigenvalue weighted by molar-refractivity contribution is -0.137. The van der Waals surface area contributed by atoms with Gasteiger partial charge in [0.1, 0.15) is 10.5 Å².